The van der Waals surface area contributed by atoms with Crippen LogP contribution in [0.15, 0.2) is 78.9 Å². The number of benzene rings is 3. The van der Waals surface area contributed by atoms with Gasteiger partial charge in [0.2, 0.25) is 5.91 Å². The van der Waals surface area contributed by atoms with Gasteiger partial charge in [-0.1, -0.05) is 60.7 Å². The SMILES string of the molecule is O=C(C1CC(c2ccccc2)CN(Cc2ccccc2F)C1)N1CCN(c2ccccc2F)CC1. The Morgan fingerprint density at radius 1 is 0.771 bits per heavy atom. The minimum atomic E-state index is -0.228. The third-order valence-electron chi connectivity index (χ3n) is 7.28. The molecule has 182 valence electrons. The Morgan fingerprint density at radius 3 is 2.14 bits per heavy atom. The van der Waals surface area contributed by atoms with Crippen molar-refractivity contribution in [3.8, 4) is 0 Å². The molecule has 2 fully saturated rings. The molecule has 4 nitrogen and oxygen atoms in total. The van der Waals surface area contributed by atoms with E-state index in [1.165, 1.54) is 17.7 Å². The second-order valence-electron chi connectivity index (χ2n) is 9.59. The second kappa shape index (κ2) is 10.6. The Balaban J connectivity index is 1.29. The molecule has 0 aliphatic carbocycles. The van der Waals surface area contributed by atoms with Gasteiger partial charge in [0, 0.05) is 51.4 Å². The van der Waals surface area contributed by atoms with Crippen molar-refractivity contribution >= 4 is 11.6 Å². The molecule has 3 aromatic carbocycles. The fraction of sp³-hybridized carbons (Fsp3) is 0.345. The summed E-state index contributed by atoms with van der Waals surface area (Å²) in [6.07, 6.45) is 0.782. The lowest BCUT2D eigenvalue weighted by molar-refractivity contribution is -0.138. The van der Waals surface area contributed by atoms with E-state index in [9.17, 15) is 13.6 Å². The van der Waals surface area contributed by atoms with E-state index in [4.69, 9.17) is 0 Å². The predicted octanol–water partition coefficient (Wildman–Crippen LogP) is 4.92. The van der Waals surface area contributed by atoms with Gasteiger partial charge in [-0.15, -0.1) is 0 Å². The highest BCUT2D eigenvalue weighted by Crippen LogP contribution is 2.33. The number of rotatable bonds is 5. The number of piperidine rings is 1. The molecule has 0 N–H and O–H groups in total. The zero-order chi connectivity index (χ0) is 24.2. The van der Waals surface area contributed by atoms with Crippen LogP contribution in [0.5, 0.6) is 0 Å². The molecule has 2 atom stereocenters. The number of para-hydroxylation sites is 1. The number of carbonyl (C=O) groups excluding carboxylic acids is 1. The molecule has 0 aromatic heterocycles. The first-order chi connectivity index (χ1) is 17.1. The van der Waals surface area contributed by atoms with Crippen molar-refractivity contribution in [3.63, 3.8) is 0 Å². The van der Waals surface area contributed by atoms with E-state index in [1.54, 1.807) is 18.2 Å². The van der Waals surface area contributed by atoms with Crippen LogP contribution in [0.25, 0.3) is 0 Å². The molecule has 2 heterocycles. The van der Waals surface area contributed by atoms with Crippen molar-refractivity contribution in [2.45, 2.75) is 18.9 Å². The minimum Gasteiger partial charge on any atom is -0.366 e. The number of piperazine rings is 1. The first kappa shape index (κ1) is 23.5. The van der Waals surface area contributed by atoms with Crippen LogP contribution in [0.1, 0.15) is 23.5 Å². The molecule has 0 saturated carbocycles. The highest BCUT2D eigenvalue weighted by Gasteiger charge is 2.35. The van der Waals surface area contributed by atoms with E-state index >= 15 is 0 Å². The summed E-state index contributed by atoms with van der Waals surface area (Å²) >= 11 is 0. The van der Waals surface area contributed by atoms with Gasteiger partial charge >= 0.3 is 0 Å². The van der Waals surface area contributed by atoms with Crippen LogP contribution in [0.3, 0.4) is 0 Å². The maximum absolute atomic E-state index is 14.4. The Bertz CT molecular complexity index is 1150. The molecule has 0 spiro atoms. The van der Waals surface area contributed by atoms with Gasteiger partial charge in [-0.25, -0.2) is 8.78 Å². The molecule has 35 heavy (non-hydrogen) atoms. The number of nitrogens with zero attached hydrogens (tertiary/aromatic N) is 3. The Kier molecular flexibility index (Phi) is 7.09. The number of hydrogen-bond donors (Lipinski definition) is 0. The largest absolute Gasteiger partial charge is 0.366 e. The van der Waals surface area contributed by atoms with Crippen molar-refractivity contribution < 1.29 is 13.6 Å². The summed E-state index contributed by atoms with van der Waals surface area (Å²) in [6, 6.07) is 24.0. The van der Waals surface area contributed by atoms with Crippen LogP contribution in [0.4, 0.5) is 14.5 Å². The van der Waals surface area contributed by atoms with Gasteiger partial charge in [0.05, 0.1) is 11.6 Å². The molecule has 1 amide bonds. The van der Waals surface area contributed by atoms with Gasteiger partial charge in [0.15, 0.2) is 0 Å². The van der Waals surface area contributed by atoms with Crippen molar-refractivity contribution in [3.05, 3.63) is 102 Å². The summed E-state index contributed by atoms with van der Waals surface area (Å²) < 4.78 is 28.6. The average molecular weight is 476 g/mol. The van der Waals surface area contributed by atoms with Crippen LogP contribution in [-0.4, -0.2) is 55.0 Å². The maximum atomic E-state index is 14.4. The van der Waals surface area contributed by atoms with Gasteiger partial charge in [-0.2, -0.15) is 0 Å². The lowest BCUT2D eigenvalue weighted by Crippen LogP contribution is -2.53. The number of anilines is 1. The molecule has 2 aliphatic rings. The molecule has 0 radical (unpaired) electrons. The summed E-state index contributed by atoms with van der Waals surface area (Å²) in [5.41, 5.74) is 2.47. The standard InChI is InChI=1S/C29H31F2N3O/c30-26-11-5-4-10-23(26)19-32-20-24(22-8-2-1-3-9-22)18-25(21-32)29(35)34-16-14-33(15-17-34)28-13-7-6-12-27(28)31/h1-13,24-25H,14-21H2. The van der Waals surface area contributed by atoms with Gasteiger partial charge in [-0.3, -0.25) is 9.69 Å². The fourth-order valence-corrected chi connectivity index (χ4v) is 5.47. The number of carbonyl (C=O) groups is 1. The molecule has 3 aromatic rings. The average Bonchev–Trinajstić information content (AvgIpc) is 2.90. The summed E-state index contributed by atoms with van der Waals surface area (Å²) in [5.74, 6) is -0.223. The lowest BCUT2D eigenvalue weighted by Gasteiger charge is -2.42. The molecule has 2 saturated heterocycles. The smallest absolute Gasteiger partial charge is 0.227 e. The summed E-state index contributed by atoms with van der Waals surface area (Å²) in [4.78, 5) is 19.8. The maximum Gasteiger partial charge on any atom is 0.227 e. The van der Waals surface area contributed by atoms with E-state index in [0.717, 1.165) is 13.0 Å². The Labute approximate surface area is 205 Å². The Hall–Kier alpha value is -3.25. The molecule has 2 aliphatic heterocycles. The first-order valence-corrected chi connectivity index (χ1v) is 12.4. The third-order valence-corrected chi connectivity index (χ3v) is 7.28. The predicted molar refractivity (Wildman–Crippen MR) is 134 cm³/mol. The van der Waals surface area contributed by atoms with E-state index in [0.29, 0.717) is 50.5 Å². The number of likely N-dealkylation sites (tertiary alicyclic amines) is 1. The second-order valence-corrected chi connectivity index (χ2v) is 9.59. The normalized spacial score (nSPS) is 21.2. The van der Waals surface area contributed by atoms with Crippen LogP contribution in [0.2, 0.25) is 0 Å². The number of halogens is 2. The third kappa shape index (κ3) is 5.38. The van der Waals surface area contributed by atoms with Crippen molar-refractivity contribution in [1.82, 2.24) is 9.80 Å². The van der Waals surface area contributed by atoms with Crippen LogP contribution < -0.4 is 4.90 Å². The van der Waals surface area contributed by atoms with Crippen LogP contribution in [0, 0.1) is 17.6 Å². The zero-order valence-electron chi connectivity index (χ0n) is 19.8. The van der Waals surface area contributed by atoms with E-state index < -0.39 is 0 Å². The van der Waals surface area contributed by atoms with Crippen molar-refractivity contribution in [2.24, 2.45) is 5.92 Å². The molecular weight excluding hydrogens is 444 g/mol. The van der Waals surface area contributed by atoms with Crippen LogP contribution >= 0.6 is 0 Å². The lowest BCUT2D eigenvalue weighted by atomic mass is 9.83. The summed E-state index contributed by atoms with van der Waals surface area (Å²) in [7, 11) is 0. The Morgan fingerprint density at radius 2 is 1.43 bits per heavy atom. The topological polar surface area (TPSA) is 26.8 Å². The summed E-state index contributed by atoms with van der Waals surface area (Å²) in [6.45, 7) is 4.27. The van der Waals surface area contributed by atoms with Gasteiger partial charge in [0.25, 0.3) is 0 Å². The minimum absolute atomic E-state index is 0.150. The quantitative estimate of drug-likeness (QED) is 0.524. The molecule has 6 heteroatoms. The van der Waals surface area contributed by atoms with Gasteiger partial charge < -0.3 is 9.80 Å². The first-order valence-electron chi connectivity index (χ1n) is 12.4. The van der Waals surface area contributed by atoms with Crippen LogP contribution in [-0.2, 0) is 11.3 Å². The molecule has 2 unspecified atom stereocenters. The van der Waals surface area contributed by atoms with E-state index in [1.807, 2.05) is 46.2 Å². The van der Waals surface area contributed by atoms with Gasteiger partial charge in [-0.05, 0) is 36.1 Å². The van der Waals surface area contributed by atoms with E-state index in [-0.39, 0.29) is 29.4 Å². The zero-order valence-corrected chi connectivity index (χ0v) is 19.8. The highest BCUT2D eigenvalue weighted by atomic mass is 19.1. The molecule has 5 rings (SSSR count). The number of amides is 1. The molecular formula is C29H31F2N3O. The number of hydrogen-bond acceptors (Lipinski definition) is 3. The van der Waals surface area contributed by atoms with Crippen molar-refractivity contribution in [1.29, 1.82) is 0 Å². The van der Waals surface area contributed by atoms with E-state index in [2.05, 4.69) is 17.0 Å². The highest BCUT2D eigenvalue weighted by molar-refractivity contribution is 5.79. The van der Waals surface area contributed by atoms with Gasteiger partial charge in [0.1, 0.15) is 11.6 Å². The van der Waals surface area contributed by atoms with Crippen molar-refractivity contribution in [2.75, 3.05) is 44.2 Å². The fourth-order valence-electron chi connectivity index (χ4n) is 5.47. The molecule has 0 bridgehead atoms. The monoisotopic (exact) mass is 475 g/mol. The summed E-state index contributed by atoms with van der Waals surface area (Å²) in [5, 5.41) is 0.